The minimum absolute atomic E-state index is 2.05. The van der Waals surface area contributed by atoms with Crippen LogP contribution in [-0.2, 0) is 9.53 Å². The van der Waals surface area contributed by atoms with Crippen molar-refractivity contribution in [3.63, 3.8) is 0 Å². The van der Waals surface area contributed by atoms with Crippen molar-refractivity contribution in [1.82, 2.24) is 0 Å². The van der Waals surface area contributed by atoms with Gasteiger partial charge in [0.25, 0.3) is 0 Å². The van der Waals surface area contributed by atoms with E-state index in [0.717, 1.165) is 0 Å². The average molecular weight is 210 g/mol. The van der Waals surface area contributed by atoms with Gasteiger partial charge in [0, 0.05) is 0 Å². The van der Waals surface area contributed by atoms with Crippen molar-refractivity contribution in [2.45, 2.75) is 18.8 Å². The Morgan fingerprint density at radius 1 is 1.23 bits per heavy atom. The van der Waals surface area contributed by atoms with Crippen LogP contribution in [0.3, 0.4) is 0 Å². The molecule has 0 radical (unpaired) electrons. The fourth-order valence-corrected chi connectivity index (χ4v) is 0.293. The smallest absolute Gasteiger partial charge is 0.374 e. The second-order valence-corrected chi connectivity index (χ2v) is 1.97. The number of hydrogen-bond donors (Lipinski definition) is 0. The molecule has 0 aliphatic carbocycles. The van der Waals surface area contributed by atoms with Crippen LogP contribution >= 0.6 is 0 Å². The van der Waals surface area contributed by atoms with Gasteiger partial charge in [-0.15, -0.1) is 0 Å². The maximum atomic E-state index is 11.9. The average Bonchev–Trinajstić information content (AvgIpc) is 1.99. The molecule has 0 N–H and O–H groups in total. The molecule has 0 aliphatic heterocycles. The van der Waals surface area contributed by atoms with Gasteiger partial charge in [-0.3, -0.25) is 0 Å². The van der Waals surface area contributed by atoms with E-state index in [1.54, 1.807) is 0 Å². The van der Waals surface area contributed by atoms with Crippen molar-refractivity contribution >= 4 is 5.97 Å². The van der Waals surface area contributed by atoms with Crippen molar-refractivity contribution in [2.75, 3.05) is 6.61 Å². The molecule has 8 heteroatoms. The van der Waals surface area contributed by atoms with Crippen LogP contribution in [0.2, 0.25) is 0 Å². The minimum atomic E-state index is -4.59. The number of alkyl halides is 6. The molecule has 0 aliphatic rings. The quantitative estimate of drug-likeness (QED) is 0.521. The Hall–Kier alpha value is -0.950. The first kappa shape index (κ1) is 12.0. The standard InChI is InChI=1S/C5H4F6O2/c6-2(7)3(12)13-1-5(10,11)4(8)9/h2,4H,1H2. The Morgan fingerprint density at radius 2 is 1.69 bits per heavy atom. The van der Waals surface area contributed by atoms with E-state index in [4.69, 9.17) is 0 Å². The van der Waals surface area contributed by atoms with E-state index in [-0.39, 0.29) is 0 Å². The van der Waals surface area contributed by atoms with E-state index < -0.39 is 31.3 Å². The molecule has 0 saturated heterocycles. The van der Waals surface area contributed by atoms with Gasteiger partial charge in [-0.1, -0.05) is 0 Å². The normalized spacial score (nSPS) is 12.3. The maximum Gasteiger partial charge on any atom is 0.374 e. The molecule has 0 aromatic carbocycles. The Balaban J connectivity index is 3.95. The van der Waals surface area contributed by atoms with Crippen molar-refractivity contribution < 1.29 is 35.9 Å². The number of ether oxygens (including phenoxy) is 1. The zero-order valence-electron chi connectivity index (χ0n) is 5.95. The minimum Gasteiger partial charge on any atom is -0.455 e. The number of halogens is 6. The highest BCUT2D eigenvalue weighted by atomic mass is 19.3. The fourth-order valence-electron chi connectivity index (χ4n) is 0.293. The number of carbonyl (C=O) groups is 1. The van der Waals surface area contributed by atoms with Crippen LogP contribution in [0.5, 0.6) is 0 Å². The first-order chi connectivity index (χ1) is 5.77. The fraction of sp³-hybridized carbons (Fsp3) is 0.800. The summed E-state index contributed by atoms with van der Waals surface area (Å²) in [5.74, 6) is -6.84. The molecule has 0 aromatic heterocycles. The molecular formula is C5H4F6O2. The number of esters is 1. The third-order valence-corrected chi connectivity index (χ3v) is 0.904. The summed E-state index contributed by atoms with van der Waals surface area (Å²) in [4.78, 5) is 9.86. The number of hydrogen-bond acceptors (Lipinski definition) is 2. The summed E-state index contributed by atoms with van der Waals surface area (Å²) >= 11 is 0. The highest BCUT2D eigenvalue weighted by Gasteiger charge is 2.42. The summed E-state index contributed by atoms with van der Waals surface area (Å²) < 4.78 is 72.3. The van der Waals surface area contributed by atoms with Gasteiger partial charge >= 0.3 is 24.7 Å². The zero-order chi connectivity index (χ0) is 10.6. The van der Waals surface area contributed by atoms with E-state index in [1.165, 1.54) is 0 Å². The molecule has 0 rings (SSSR count). The summed E-state index contributed by atoms with van der Waals surface area (Å²) in [6.07, 6.45) is -7.66. The first-order valence-electron chi connectivity index (χ1n) is 2.88. The van der Waals surface area contributed by atoms with Gasteiger partial charge in [0.2, 0.25) is 0 Å². The largest absolute Gasteiger partial charge is 0.455 e. The van der Waals surface area contributed by atoms with Crippen LogP contribution in [-0.4, -0.2) is 31.3 Å². The molecule has 0 amide bonds. The van der Waals surface area contributed by atoms with Crippen LogP contribution < -0.4 is 0 Å². The number of rotatable bonds is 4. The van der Waals surface area contributed by atoms with Crippen molar-refractivity contribution in [3.8, 4) is 0 Å². The van der Waals surface area contributed by atoms with Gasteiger partial charge in [0.1, 0.15) is 0 Å². The van der Waals surface area contributed by atoms with Crippen molar-refractivity contribution in [2.24, 2.45) is 0 Å². The van der Waals surface area contributed by atoms with Crippen LogP contribution in [0.25, 0.3) is 0 Å². The summed E-state index contributed by atoms with van der Waals surface area (Å²) in [7, 11) is 0. The lowest BCUT2D eigenvalue weighted by Gasteiger charge is -2.14. The van der Waals surface area contributed by atoms with E-state index in [0.29, 0.717) is 0 Å². The topological polar surface area (TPSA) is 26.3 Å². The van der Waals surface area contributed by atoms with Crippen LogP contribution in [0.4, 0.5) is 26.3 Å². The summed E-state index contributed by atoms with van der Waals surface area (Å²) in [6.45, 7) is -2.05. The van der Waals surface area contributed by atoms with Gasteiger partial charge in [0.05, 0.1) is 0 Å². The van der Waals surface area contributed by atoms with E-state index in [1.807, 2.05) is 0 Å². The third kappa shape index (κ3) is 4.00. The maximum absolute atomic E-state index is 11.9. The molecule has 13 heavy (non-hydrogen) atoms. The zero-order valence-corrected chi connectivity index (χ0v) is 5.95. The van der Waals surface area contributed by atoms with Crippen molar-refractivity contribution in [3.05, 3.63) is 0 Å². The predicted molar refractivity (Wildman–Crippen MR) is 27.9 cm³/mol. The molecule has 0 aromatic rings. The molecule has 0 bridgehead atoms. The highest BCUT2D eigenvalue weighted by Crippen LogP contribution is 2.23. The number of carbonyl (C=O) groups excluding carboxylic acids is 1. The lowest BCUT2D eigenvalue weighted by Crippen LogP contribution is -2.34. The first-order valence-corrected chi connectivity index (χ1v) is 2.88. The molecule has 0 fully saturated rings. The Bertz CT molecular complexity index is 180. The summed E-state index contributed by atoms with van der Waals surface area (Å²) in [5, 5.41) is 0. The predicted octanol–water partition coefficient (Wildman–Crippen LogP) is 1.70. The van der Waals surface area contributed by atoms with Gasteiger partial charge in [-0.05, 0) is 0 Å². The van der Waals surface area contributed by atoms with E-state index >= 15 is 0 Å². The highest BCUT2D eigenvalue weighted by molar-refractivity contribution is 5.72. The molecule has 0 atom stereocenters. The Morgan fingerprint density at radius 3 is 2.00 bits per heavy atom. The van der Waals surface area contributed by atoms with Gasteiger partial charge in [0.15, 0.2) is 6.61 Å². The van der Waals surface area contributed by atoms with E-state index in [9.17, 15) is 31.1 Å². The van der Waals surface area contributed by atoms with E-state index in [2.05, 4.69) is 4.74 Å². The molecular weight excluding hydrogens is 206 g/mol. The second-order valence-electron chi connectivity index (χ2n) is 1.97. The molecule has 2 nitrogen and oxygen atoms in total. The Labute approximate surface area is 68.5 Å². The molecule has 78 valence electrons. The Kier molecular flexibility index (Phi) is 4.02. The van der Waals surface area contributed by atoms with Crippen molar-refractivity contribution in [1.29, 1.82) is 0 Å². The van der Waals surface area contributed by atoms with Gasteiger partial charge in [-0.25, -0.2) is 13.6 Å². The summed E-state index contributed by atoms with van der Waals surface area (Å²) in [6, 6.07) is 0. The van der Waals surface area contributed by atoms with Gasteiger partial charge < -0.3 is 4.74 Å². The van der Waals surface area contributed by atoms with Crippen LogP contribution in [0, 0.1) is 0 Å². The lowest BCUT2D eigenvalue weighted by molar-refractivity contribution is -0.187. The van der Waals surface area contributed by atoms with Crippen LogP contribution in [0.15, 0.2) is 0 Å². The third-order valence-electron chi connectivity index (χ3n) is 0.904. The molecule has 0 saturated carbocycles. The monoisotopic (exact) mass is 210 g/mol. The van der Waals surface area contributed by atoms with Crippen LogP contribution in [0.1, 0.15) is 0 Å². The molecule has 0 unspecified atom stereocenters. The molecule has 0 spiro atoms. The second kappa shape index (κ2) is 4.33. The lowest BCUT2D eigenvalue weighted by atomic mass is 10.4. The summed E-state index contributed by atoms with van der Waals surface area (Å²) in [5.41, 5.74) is 0. The molecule has 0 heterocycles. The van der Waals surface area contributed by atoms with Gasteiger partial charge in [-0.2, -0.15) is 17.6 Å². The SMILES string of the molecule is O=C(OCC(F)(F)C(F)F)C(F)F.